The lowest BCUT2D eigenvalue weighted by atomic mass is 9.56. The quantitative estimate of drug-likeness (QED) is 0.193. The molecule has 10 atom stereocenters. The highest BCUT2D eigenvalue weighted by Gasteiger charge is 2.64. The second-order valence-corrected chi connectivity index (χ2v) is 16.2. The predicted molar refractivity (Wildman–Crippen MR) is 197 cm³/mol. The number of ether oxygens (including phenoxy) is 2. The average Bonchev–Trinajstić information content (AvgIpc) is 3.67. The van der Waals surface area contributed by atoms with Gasteiger partial charge in [-0.1, -0.05) is 42.0 Å². The second-order valence-electron chi connectivity index (χ2n) is 16.2. The Bertz CT molecular complexity index is 2080. The molecule has 6 heterocycles. The number of nitrogens with zero attached hydrogens (tertiary/aromatic N) is 2. The number of rotatable bonds is 4. The average molecular weight is 691 g/mol. The molecule has 2 aromatic carbocycles. The minimum absolute atomic E-state index is 0.00168. The van der Waals surface area contributed by atoms with Crippen molar-refractivity contribution in [2.45, 2.75) is 75.5 Å². The molecule has 0 radical (unpaired) electrons. The number of likely N-dealkylation sites (tertiary alicyclic amines) is 1. The van der Waals surface area contributed by atoms with Gasteiger partial charge in [0, 0.05) is 76.7 Å². The summed E-state index contributed by atoms with van der Waals surface area (Å²) in [5.74, 6) is -0.253. The molecular weight excluding hydrogens is 640 g/mol. The summed E-state index contributed by atoms with van der Waals surface area (Å²) < 4.78 is 11.2. The van der Waals surface area contributed by atoms with Crippen LogP contribution in [0.1, 0.15) is 67.1 Å². The monoisotopic (exact) mass is 690 g/mol. The number of benzene rings is 2. The third-order valence-electron chi connectivity index (χ3n) is 13.9. The van der Waals surface area contributed by atoms with E-state index in [9.17, 15) is 14.7 Å². The molecule has 6 aliphatic rings. The van der Waals surface area contributed by atoms with E-state index in [-0.39, 0.29) is 47.7 Å². The molecule has 9 nitrogen and oxygen atoms in total. The Morgan fingerprint density at radius 2 is 1.84 bits per heavy atom. The first-order valence-electron chi connectivity index (χ1n) is 18.9. The minimum Gasteiger partial charge on any atom is -0.469 e. The molecule has 3 N–H and O–H groups in total. The van der Waals surface area contributed by atoms with E-state index in [4.69, 9.17) is 9.47 Å². The van der Waals surface area contributed by atoms with Gasteiger partial charge in [-0.3, -0.25) is 19.4 Å². The number of aromatic amines is 2. The zero-order chi connectivity index (χ0) is 35.3. The Morgan fingerprint density at radius 3 is 2.61 bits per heavy atom. The van der Waals surface area contributed by atoms with E-state index < -0.39 is 11.5 Å². The fraction of sp³-hybridized carbons (Fsp3) is 0.524. The van der Waals surface area contributed by atoms with Crippen molar-refractivity contribution in [3.8, 4) is 0 Å². The van der Waals surface area contributed by atoms with Crippen molar-refractivity contribution in [1.82, 2.24) is 19.8 Å². The first-order valence-corrected chi connectivity index (χ1v) is 18.9. The van der Waals surface area contributed by atoms with Crippen LogP contribution < -0.4 is 0 Å². The number of nitrogens with one attached hydrogen (secondary N) is 2. The van der Waals surface area contributed by atoms with Crippen molar-refractivity contribution < 1.29 is 24.2 Å². The molecule has 2 unspecified atom stereocenters. The predicted octanol–water partition coefficient (Wildman–Crippen LogP) is 5.45. The number of H-pyrrole nitrogens is 2. The lowest BCUT2D eigenvalue weighted by molar-refractivity contribution is -0.166. The van der Waals surface area contributed by atoms with E-state index in [0.717, 1.165) is 73.9 Å². The molecule has 1 saturated carbocycles. The van der Waals surface area contributed by atoms with Crippen LogP contribution in [0.5, 0.6) is 0 Å². The summed E-state index contributed by atoms with van der Waals surface area (Å²) in [6.07, 6.45) is 5.72. The molecule has 10 rings (SSSR count). The van der Waals surface area contributed by atoms with Gasteiger partial charge in [0.15, 0.2) is 0 Å². The number of fused-ring (bicyclic) bond motifs is 9. The number of para-hydroxylation sites is 1. The Balaban J connectivity index is 1.22. The number of esters is 2. The minimum atomic E-state index is -0.856. The fourth-order valence-corrected chi connectivity index (χ4v) is 11.8. The fourth-order valence-electron chi connectivity index (χ4n) is 11.8. The lowest BCUT2D eigenvalue weighted by Gasteiger charge is -2.58. The van der Waals surface area contributed by atoms with Crippen LogP contribution in [0.2, 0.25) is 0 Å². The standard InChI is InChI=1S/C42H50N4O5/c1-6-24-21-45(3)35-18-32-26-9-7-8-10-33(26)43-37(32)31(17-30(24)36(35)40(48)50-4)25-11-12-27-28-13-14-46-20-23-15-29(22(2)47)39(46)42(19-23,41(49)51-5)38(28)44-34(27)16-25/h6-12,16,22-23,29-31,35-36,39,43-44,47H,13-15,17-21H2,1-5H3/b24-6-/t22-,23+,29+,30-,31-,35-,36?,39-,42+/m0/s1. The summed E-state index contributed by atoms with van der Waals surface area (Å²) in [5, 5.41) is 13.4. The van der Waals surface area contributed by atoms with Gasteiger partial charge in [-0.05, 0) is 93.7 Å². The first kappa shape index (κ1) is 33.0. The van der Waals surface area contributed by atoms with Crippen molar-refractivity contribution in [3.63, 3.8) is 0 Å². The molecule has 4 fully saturated rings. The molecule has 0 amide bonds. The third-order valence-corrected chi connectivity index (χ3v) is 13.9. The number of piperidine rings is 3. The topological polar surface area (TPSA) is 111 Å². The Hall–Kier alpha value is -3.92. The number of hydrogen-bond acceptors (Lipinski definition) is 7. The van der Waals surface area contributed by atoms with Crippen molar-refractivity contribution in [2.75, 3.05) is 40.9 Å². The summed E-state index contributed by atoms with van der Waals surface area (Å²) >= 11 is 0. The van der Waals surface area contributed by atoms with Gasteiger partial charge in [0.2, 0.25) is 0 Å². The molecule has 3 saturated heterocycles. The van der Waals surface area contributed by atoms with Gasteiger partial charge in [0.25, 0.3) is 0 Å². The van der Waals surface area contributed by atoms with Crippen LogP contribution in [0, 0.1) is 23.7 Å². The maximum absolute atomic E-state index is 14.2. The summed E-state index contributed by atoms with van der Waals surface area (Å²) in [6.45, 7) is 6.62. The van der Waals surface area contributed by atoms with E-state index in [1.165, 1.54) is 47.6 Å². The Labute approximate surface area is 299 Å². The zero-order valence-electron chi connectivity index (χ0n) is 30.4. The largest absolute Gasteiger partial charge is 0.469 e. The van der Waals surface area contributed by atoms with Gasteiger partial charge >= 0.3 is 11.9 Å². The molecule has 9 heteroatoms. The van der Waals surface area contributed by atoms with Crippen LogP contribution in [0.15, 0.2) is 54.1 Å². The second kappa shape index (κ2) is 12.1. The van der Waals surface area contributed by atoms with Crippen molar-refractivity contribution in [2.24, 2.45) is 23.7 Å². The maximum atomic E-state index is 14.2. The molecule has 2 aromatic heterocycles. The van der Waals surface area contributed by atoms with Crippen LogP contribution in [-0.2, 0) is 37.3 Å². The summed E-state index contributed by atoms with van der Waals surface area (Å²) in [4.78, 5) is 40.4. The molecular formula is C42H50N4O5. The number of allylic oxidation sites excluding steroid dienone is 1. The smallest absolute Gasteiger partial charge is 0.319 e. The van der Waals surface area contributed by atoms with Crippen molar-refractivity contribution in [1.29, 1.82) is 0 Å². The van der Waals surface area contributed by atoms with E-state index in [1.807, 2.05) is 6.92 Å². The zero-order valence-corrected chi connectivity index (χ0v) is 30.4. The molecule has 51 heavy (non-hydrogen) atoms. The number of aromatic nitrogens is 2. The van der Waals surface area contributed by atoms with Crippen LogP contribution in [0.4, 0.5) is 0 Å². The molecule has 4 aliphatic heterocycles. The van der Waals surface area contributed by atoms with E-state index >= 15 is 0 Å². The van der Waals surface area contributed by atoms with Gasteiger partial charge in [-0.15, -0.1) is 0 Å². The Morgan fingerprint density at radius 1 is 1.04 bits per heavy atom. The molecule has 6 bridgehead atoms. The van der Waals surface area contributed by atoms with Gasteiger partial charge in [-0.2, -0.15) is 0 Å². The number of likely N-dealkylation sites (N-methyl/N-ethyl adjacent to an activating group) is 1. The molecule has 268 valence electrons. The number of aliphatic hydroxyl groups is 1. The SMILES string of the molecule is C/C=C1/CN(C)[C@H]2Cc3c([nH]c4ccccc34)[C@H](c3ccc4c5c([nH]c4c3)[C@]3(C(=O)OC)C[C@H]4C[C@H]([C@H](C)O)[C@@H]3N(CC5)C4)C[C@@H]1C2C(=O)OC. The normalized spacial score (nSPS) is 34.4. The number of carbonyl (C=O) groups is 2. The van der Waals surface area contributed by atoms with E-state index in [2.05, 4.69) is 82.3 Å². The van der Waals surface area contributed by atoms with Gasteiger partial charge in [-0.25, -0.2) is 0 Å². The number of hydrogen-bond donors (Lipinski definition) is 3. The maximum Gasteiger partial charge on any atom is 0.319 e. The lowest BCUT2D eigenvalue weighted by Crippen LogP contribution is -2.68. The summed E-state index contributed by atoms with van der Waals surface area (Å²) in [7, 11) is 5.16. The van der Waals surface area contributed by atoms with E-state index in [1.54, 1.807) is 0 Å². The van der Waals surface area contributed by atoms with Crippen LogP contribution in [0.25, 0.3) is 21.8 Å². The molecule has 4 aromatic rings. The highest BCUT2D eigenvalue weighted by atomic mass is 16.5. The third kappa shape index (κ3) is 4.70. The summed E-state index contributed by atoms with van der Waals surface area (Å²) in [6, 6.07) is 15.3. The van der Waals surface area contributed by atoms with Crippen LogP contribution in [-0.4, -0.2) is 95.9 Å². The van der Waals surface area contributed by atoms with Gasteiger partial charge < -0.3 is 24.5 Å². The van der Waals surface area contributed by atoms with Crippen molar-refractivity contribution >= 4 is 33.7 Å². The van der Waals surface area contributed by atoms with Gasteiger partial charge in [0.1, 0.15) is 5.41 Å². The summed E-state index contributed by atoms with van der Waals surface area (Å²) in [5.41, 5.74) is 8.43. The molecule has 2 aliphatic carbocycles. The number of methoxy groups -OCH3 is 2. The van der Waals surface area contributed by atoms with Crippen LogP contribution in [0.3, 0.4) is 0 Å². The van der Waals surface area contributed by atoms with Crippen LogP contribution >= 0.6 is 0 Å². The van der Waals surface area contributed by atoms with Gasteiger partial charge in [0.05, 0.1) is 26.2 Å². The number of aliphatic hydroxyl groups excluding tert-OH is 1. The first-order chi connectivity index (χ1) is 24.7. The van der Waals surface area contributed by atoms with Crippen molar-refractivity contribution in [3.05, 3.63) is 82.2 Å². The Kier molecular flexibility index (Phi) is 7.80. The number of carbonyl (C=O) groups excluding carboxylic acids is 2. The molecule has 0 spiro atoms. The highest BCUT2D eigenvalue weighted by molar-refractivity contribution is 5.92. The van der Waals surface area contributed by atoms with E-state index in [0.29, 0.717) is 5.92 Å². The highest BCUT2D eigenvalue weighted by Crippen LogP contribution is 2.56.